The van der Waals surface area contributed by atoms with Crippen molar-refractivity contribution in [2.75, 3.05) is 0 Å². The molecule has 0 spiro atoms. The van der Waals surface area contributed by atoms with Crippen molar-refractivity contribution in [3.05, 3.63) is 265 Å². The molecule has 0 unspecified atom stereocenters. The average molecular weight is 801 g/mol. The van der Waals surface area contributed by atoms with Crippen molar-refractivity contribution in [2.24, 2.45) is 0 Å². The van der Waals surface area contributed by atoms with Gasteiger partial charge in [-0.15, -0.1) is 0 Å². The Morgan fingerprint density at radius 2 is 0.667 bits per heavy atom. The van der Waals surface area contributed by atoms with Crippen LogP contribution in [0, 0.1) is 0 Å². The van der Waals surface area contributed by atoms with Crippen LogP contribution in [0.15, 0.2) is 243 Å². The molecule has 0 radical (unpaired) electrons. The molecule has 0 aliphatic heterocycles. The molecule has 10 aromatic carbocycles. The minimum absolute atomic E-state index is 0.477. The lowest BCUT2D eigenvalue weighted by Gasteiger charge is -2.34. The van der Waals surface area contributed by atoms with Crippen LogP contribution >= 0.6 is 0 Å². The highest BCUT2D eigenvalue weighted by molar-refractivity contribution is 6.07. The molecule has 0 saturated carbocycles. The first kappa shape index (κ1) is 36.6. The lowest BCUT2D eigenvalue weighted by Crippen LogP contribution is -2.28. The van der Waals surface area contributed by atoms with E-state index in [1.165, 1.54) is 66.4 Å². The Morgan fingerprint density at radius 1 is 0.254 bits per heavy atom. The second-order valence-corrected chi connectivity index (χ2v) is 16.4. The molecule has 2 heteroatoms. The minimum atomic E-state index is -0.477. The van der Waals surface area contributed by atoms with E-state index in [9.17, 15) is 0 Å². The average Bonchev–Trinajstić information content (AvgIpc) is 3.67. The molecule has 0 N–H and O–H groups in total. The number of aromatic nitrogens is 2. The van der Waals surface area contributed by atoms with Crippen molar-refractivity contribution in [3.63, 3.8) is 0 Å². The summed E-state index contributed by atoms with van der Waals surface area (Å²) in [7, 11) is 0. The van der Waals surface area contributed by atoms with E-state index in [-0.39, 0.29) is 0 Å². The minimum Gasteiger partial charge on any atom is -0.228 e. The van der Waals surface area contributed by atoms with Crippen LogP contribution in [0.5, 0.6) is 0 Å². The molecule has 2 nitrogen and oxygen atoms in total. The first-order valence-electron chi connectivity index (χ1n) is 21.7. The Morgan fingerprint density at radius 3 is 1.30 bits per heavy atom. The smallest absolute Gasteiger partial charge is 0.160 e. The largest absolute Gasteiger partial charge is 0.228 e. The Labute approximate surface area is 367 Å². The van der Waals surface area contributed by atoms with Gasteiger partial charge in [-0.25, -0.2) is 9.97 Å². The van der Waals surface area contributed by atoms with Crippen molar-refractivity contribution in [2.45, 2.75) is 5.41 Å². The molecular weight excluding hydrogens is 761 g/mol. The van der Waals surface area contributed by atoms with Gasteiger partial charge in [-0.1, -0.05) is 231 Å². The number of hydrogen-bond acceptors (Lipinski definition) is 2. The molecule has 1 aliphatic rings. The van der Waals surface area contributed by atoms with E-state index in [0.29, 0.717) is 5.82 Å². The molecule has 11 aromatic rings. The predicted octanol–water partition coefficient (Wildman–Crippen LogP) is 15.5. The highest BCUT2D eigenvalue weighted by Crippen LogP contribution is 2.57. The topological polar surface area (TPSA) is 25.8 Å². The van der Waals surface area contributed by atoms with Gasteiger partial charge in [0.05, 0.1) is 16.8 Å². The second kappa shape index (κ2) is 15.1. The Hall–Kier alpha value is -8.20. The van der Waals surface area contributed by atoms with Gasteiger partial charge in [0.25, 0.3) is 0 Å². The normalized spacial score (nSPS) is 12.6. The third-order valence-corrected chi connectivity index (χ3v) is 13.0. The zero-order valence-electron chi connectivity index (χ0n) is 34.5. The van der Waals surface area contributed by atoms with Crippen LogP contribution in [-0.2, 0) is 5.41 Å². The lowest BCUT2D eigenvalue weighted by molar-refractivity contribution is 0.769. The fourth-order valence-electron chi connectivity index (χ4n) is 10.2. The number of nitrogens with zero attached hydrogens (tertiary/aromatic N) is 2. The van der Waals surface area contributed by atoms with Gasteiger partial charge < -0.3 is 0 Å². The molecule has 1 aromatic heterocycles. The summed E-state index contributed by atoms with van der Waals surface area (Å²) in [6.45, 7) is 0. The molecule has 0 saturated heterocycles. The molecule has 0 amide bonds. The number of rotatable bonds is 7. The summed E-state index contributed by atoms with van der Waals surface area (Å²) in [6.07, 6.45) is 0. The zero-order chi connectivity index (χ0) is 41.7. The van der Waals surface area contributed by atoms with Crippen LogP contribution in [-0.4, -0.2) is 9.97 Å². The number of fused-ring (bicyclic) bond motifs is 5. The van der Waals surface area contributed by atoms with E-state index >= 15 is 0 Å². The Bertz CT molecular complexity index is 3450. The maximum atomic E-state index is 5.34. The summed E-state index contributed by atoms with van der Waals surface area (Å²) in [5.41, 5.74) is 16.9. The standard InChI is InChI=1S/C61H40N2/c1-5-19-41(20-6-1)46-30-17-32-51-49(46)31-18-33-54(51)58-40-59(63-60(62-58)42-21-7-2-8-22-42)55-38-37-47(48-27-13-14-28-50(48)55)43-35-36-53-52-29-15-16-34-56(52)61(57(53)39-43,44-23-9-3-10-24-44)45-25-11-4-12-26-45/h1-40H. The van der Waals surface area contributed by atoms with Crippen LogP contribution in [0.2, 0.25) is 0 Å². The molecule has 0 fully saturated rings. The van der Waals surface area contributed by atoms with Crippen molar-refractivity contribution in [1.82, 2.24) is 9.97 Å². The summed E-state index contributed by atoms with van der Waals surface area (Å²) in [5, 5.41) is 4.67. The van der Waals surface area contributed by atoms with Gasteiger partial charge in [0.1, 0.15) is 0 Å². The fraction of sp³-hybridized carbons (Fsp3) is 0.0164. The molecule has 294 valence electrons. The summed E-state index contributed by atoms with van der Waals surface area (Å²) >= 11 is 0. The van der Waals surface area contributed by atoms with Gasteiger partial charge in [-0.05, 0) is 89.3 Å². The maximum Gasteiger partial charge on any atom is 0.160 e. The third-order valence-electron chi connectivity index (χ3n) is 13.0. The highest BCUT2D eigenvalue weighted by atomic mass is 14.9. The van der Waals surface area contributed by atoms with Gasteiger partial charge in [0.2, 0.25) is 0 Å². The van der Waals surface area contributed by atoms with E-state index < -0.39 is 5.41 Å². The molecular formula is C61H40N2. The Balaban J connectivity index is 1.05. The van der Waals surface area contributed by atoms with Crippen LogP contribution in [0.4, 0.5) is 0 Å². The third kappa shape index (κ3) is 5.95. The van der Waals surface area contributed by atoms with Gasteiger partial charge in [0.15, 0.2) is 5.82 Å². The van der Waals surface area contributed by atoms with Crippen molar-refractivity contribution in [3.8, 4) is 67.3 Å². The predicted molar refractivity (Wildman–Crippen MR) is 262 cm³/mol. The van der Waals surface area contributed by atoms with Crippen molar-refractivity contribution < 1.29 is 0 Å². The van der Waals surface area contributed by atoms with Crippen LogP contribution in [0.1, 0.15) is 22.3 Å². The molecule has 1 aliphatic carbocycles. The lowest BCUT2D eigenvalue weighted by atomic mass is 9.67. The summed E-state index contributed by atoms with van der Waals surface area (Å²) < 4.78 is 0. The summed E-state index contributed by atoms with van der Waals surface area (Å²) in [6, 6.07) is 87.7. The van der Waals surface area contributed by atoms with Gasteiger partial charge in [0, 0.05) is 16.7 Å². The summed E-state index contributed by atoms with van der Waals surface area (Å²) in [4.78, 5) is 10.6. The number of benzene rings is 10. The quantitative estimate of drug-likeness (QED) is 0.160. The van der Waals surface area contributed by atoms with Crippen LogP contribution in [0.3, 0.4) is 0 Å². The number of hydrogen-bond donors (Lipinski definition) is 0. The first-order valence-corrected chi connectivity index (χ1v) is 21.7. The molecule has 1 heterocycles. The molecule has 0 atom stereocenters. The monoisotopic (exact) mass is 800 g/mol. The van der Waals surface area contributed by atoms with Crippen LogP contribution < -0.4 is 0 Å². The zero-order valence-corrected chi connectivity index (χ0v) is 34.5. The van der Waals surface area contributed by atoms with Crippen LogP contribution in [0.25, 0.3) is 88.8 Å². The van der Waals surface area contributed by atoms with E-state index in [0.717, 1.165) is 38.9 Å². The Kier molecular flexibility index (Phi) is 8.76. The van der Waals surface area contributed by atoms with Gasteiger partial charge in [-0.3, -0.25) is 0 Å². The molecule has 12 rings (SSSR count). The van der Waals surface area contributed by atoms with E-state index in [2.05, 4.69) is 237 Å². The fourth-order valence-corrected chi connectivity index (χ4v) is 10.2. The SMILES string of the molecule is c1ccc(-c2nc(-c3cccc4c(-c5ccccc5)cccc34)cc(-c3ccc(-c4ccc5c(c4)C(c4ccccc4)(c4ccccc4)c4ccccc4-5)c4ccccc34)n2)cc1. The highest BCUT2D eigenvalue weighted by Gasteiger charge is 2.46. The molecule has 0 bridgehead atoms. The van der Waals surface area contributed by atoms with E-state index in [1.807, 2.05) is 6.07 Å². The van der Waals surface area contributed by atoms with Gasteiger partial charge >= 0.3 is 0 Å². The summed E-state index contributed by atoms with van der Waals surface area (Å²) in [5.74, 6) is 0.698. The van der Waals surface area contributed by atoms with E-state index in [1.54, 1.807) is 0 Å². The van der Waals surface area contributed by atoms with E-state index in [4.69, 9.17) is 9.97 Å². The van der Waals surface area contributed by atoms with Gasteiger partial charge in [-0.2, -0.15) is 0 Å². The van der Waals surface area contributed by atoms with Crippen molar-refractivity contribution >= 4 is 21.5 Å². The molecule has 63 heavy (non-hydrogen) atoms. The second-order valence-electron chi connectivity index (χ2n) is 16.4. The first-order chi connectivity index (χ1) is 31.3. The van der Waals surface area contributed by atoms with Crippen molar-refractivity contribution in [1.29, 1.82) is 0 Å². The maximum absolute atomic E-state index is 5.34.